The number of pyridine rings is 1. The summed E-state index contributed by atoms with van der Waals surface area (Å²) in [6, 6.07) is 9.69. The third kappa shape index (κ3) is 2.54. The van der Waals surface area contributed by atoms with Gasteiger partial charge in [0.05, 0.1) is 22.3 Å². The number of fused-ring (bicyclic) bond motifs is 2. The lowest BCUT2D eigenvalue weighted by molar-refractivity contribution is 0.102. The molecular formula is C20H20N4O2. The summed E-state index contributed by atoms with van der Waals surface area (Å²) in [5, 5.41) is 8.68. The molecule has 0 unspecified atom stereocenters. The fourth-order valence-electron chi connectivity index (χ4n) is 3.19. The van der Waals surface area contributed by atoms with Gasteiger partial charge in [-0.2, -0.15) is 0 Å². The van der Waals surface area contributed by atoms with Crippen LogP contribution in [0.1, 0.15) is 41.5 Å². The SMILES string of the molecule is Cc1noc2nc(C(C)C)cc(C(=O)Nc3cccc4c3ccn4C)c12. The maximum Gasteiger partial charge on any atom is 0.259 e. The van der Waals surface area contributed by atoms with E-state index in [9.17, 15) is 4.79 Å². The number of nitrogens with one attached hydrogen (secondary N) is 1. The van der Waals surface area contributed by atoms with Crippen LogP contribution in [0.15, 0.2) is 41.1 Å². The van der Waals surface area contributed by atoms with Crippen LogP contribution in [0.5, 0.6) is 0 Å². The molecule has 1 N–H and O–H groups in total. The van der Waals surface area contributed by atoms with Crippen molar-refractivity contribution in [1.82, 2.24) is 14.7 Å². The van der Waals surface area contributed by atoms with E-state index in [2.05, 4.69) is 15.5 Å². The molecule has 4 rings (SSSR count). The van der Waals surface area contributed by atoms with Crippen LogP contribution in [-0.4, -0.2) is 20.6 Å². The minimum absolute atomic E-state index is 0.175. The predicted molar refractivity (Wildman–Crippen MR) is 102 cm³/mol. The molecule has 1 aromatic carbocycles. The Morgan fingerprint density at radius 2 is 2.08 bits per heavy atom. The first-order valence-electron chi connectivity index (χ1n) is 8.58. The van der Waals surface area contributed by atoms with E-state index in [4.69, 9.17) is 4.52 Å². The van der Waals surface area contributed by atoms with Gasteiger partial charge < -0.3 is 14.4 Å². The summed E-state index contributed by atoms with van der Waals surface area (Å²) in [4.78, 5) is 17.6. The van der Waals surface area contributed by atoms with E-state index in [-0.39, 0.29) is 11.8 Å². The second-order valence-corrected chi connectivity index (χ2v) is 6.82. The van der Waals surface area contributed by atoms with Gasteiger partial charge in [0.25, 0.3) is 11.6 Å². The Labute approximate surface area is 150 Å². The average molecular weight is 348 g/mol. The molecule has 0 radical (unpaired) electrons. The summed E-state index contributed by atoms with van der Waals surface area (Å²) in [5.74, 6) is -0.0177. The second-order valence-electron chi connectivity index (χ2n) is 6.82. The molecule has 6 nitrogen and oxygen atoms in total. The number of aromatic nitrogens is 3. The molecule has 3 heterocycles. The third-order valence-electron chi connectivity index (χ3n) is 4.65. The van der Waals surface area contributed by atoms with E-state index in [1.165, 1.54) is 0 Å². The molecule has 4 aromatic rings. The maximum absolute atomic E-state index is 13.1. The highest BCUT2D eigenvalue weighted by atomic mass is 16.5. The molecule has 132 valence electrons. The Bertz CT molecular complexity index is 1140. The monoisotopic (exact) mass is 348 g/mol. The van der Waals surface area contributed by atoms with Crippen molar-refractivity contribution in [3.8, 4) is 0 Å². The molecule has 1 amide bonds. The fourth-order valence-corrected chi connectivity index (χ4v) is 3.19. The second kappa shape index (κ2) is 5.98. The standard InChI is InChI=1S/C20H20N4O2/c1-11(2)16-10-14(18-12(3)23-26-20(18)22-16)19(25)21-15-6-5-7-17-13(15)8-9-24(17)4/h5-11H,1-4H3,(H,21,25). The van der Waals surface area contributed by atoms with Crippen LogP contribution in [0.2, 0.25) is 0 Å². The van der Waals surface area contributed by atoms with Gasteiger partial charge in [-0.1, -0.05) is 25.1 Å². The number of anilines is 1. The molecule has 0 aliphatic rings. The molecule has 0 spiro atoms. The van der Waals surface area contributed by atoms with E-state index in [0.717, 1.165) is 22.3 Å². The summed E-state index contributed by atoms with van der Waals surface area (Å²) in [5.41, 5.74) is 4.23. The van der Waals surface area contributed by atoms with E-state index in [1.54, 1.807) is 0 Å². The number of amides is 1. The van der Waals surface area contributed by atoms with Crippen molar-refractivity contribution >= 4 is 33.6 Å². The number of rotatable bonds is 3. The molecule has 0 aliphatic carbocycles. The van der Waals surface area contributed by atoms with Gasteiger partial charge in [-0.3, -0.25) is 4.79 Å². The molecular weight excluding hydrogens is 328 g/mol. The van der Waals surface area contributed by atoms with Crippen LogP contribution in [0.25, 0.3) is 22.0 Å². The summed E-state index contributed by atoms with van der Waals surface area (Å²) >= 11 is 0. The smallest absolute Gasteiger partial charge is 0.259 e. The van der Waals surface area contributed by atoms with Gasteiger partial charge in [0.1, 0.15) is 0 Å². The lowest BCUT2D eigenvalue weighted by atomic mass is 10.0. The average Bonchev–Trinajstić information content (AvgIpc) is 3.18. The Kier molecular flexibility index (Phi) is 3.76. The first kappa shape index (κ1) is 16.3. The Hall–Kier alpha value is -3.15. The molecule has 6 heteroatoms. The van der Waals surface area contributed by atoms with Crippen LogP contribution in [-0.2, 0) is 7.05 Å². The summed E-state index contributed by atoms with van der Waals surface area (Å²) in [6.45, 7) is 5.88. The lowest BCUT2D eigenvalue weighted by Gasteiger charge is -2.10. The van der Waals surface area contributed by atoms with Crippen molar-refractivity contribution in [2.45, 2.75) is 26.7 Å². The molecule has 0 fully saturated rings. The Morgan fingerprint density at radius 3 is 2.85 bits per heavy atom. The van der Waals surface area contributed by atoms with Gasteiger partial charge in [-0.05, 0) is 37.1 Å². The van der Waals surface area contributed by atoms with E-state index in [0.29, 0.717) is 22.4 Å². The molecule has 0 bridgehead atoms. The number of hydrogen-bond donors (Lipinski definition) is 1. The normalized spacial score (nSPS) is 11.6. The number of carbonyl (C=O) groups is 1. The zero-order valence-corrected chi connectivity index (χ0v) is 15.2. The number of hydrogen-bond acceptors (Lipinski definition) is 4. The van der Waals surface area contributed by atoms with Gasteiger partial charge in [-0.15, -0.1) is 0 Å². The van der Waals surface area contributed by atoms with Crippen molar-refractivity contribution in [2.75, 3.05) is 5.32 Å². The van der Waals surface area contributed by atoms with Crippen molar-refractivity contribution in [1.29, 1.82) is 0 Å². The van der Waals surface area contributed by atoms with E-state index in [1.807, 2.05) is 68.9 Å². The fraction of sp³-hybridized carbons (Fsp3) is 0.250. The van der Waals surface area contributed by atoms with Gasteiger partial charge in [0, 0.05) is 29.8 Å². The van der Waals surface area contributed by atoms with Crippen LogP contribution >= 0.6 is 0 Å². The largest absolute Gasteiger partial charge is 0.350 e. The van der Waals surface area contributed by atoms with Crippen LogP contribution in [0.3, 0.4) is 0 Å². The molecule has 26 heavy (non-hydrogen) atoms. The van der Waals surface area contributed by atoms with Gasteiger partial charge in [-0.25, -0.2) is 4.98 Å². The van der Waals surface area contributed by atoms with Gasteiger partial charge in [0.2, 0.25) is 0 Å². The number of benzene rings is 1. The molecule has 0 aliphatic heterocycles. The number of carbonyl (C=O) groups excluding carboxylic acids is 1. The van der Waals surface area contributed by atoms with Crippen molar-refractivity contribution in [3.63, 3.8) is 0 Å². The Morgan fingerprint density at radius 1 is 1.27 bits per heavy atom. The summed E-state index contributed by atoms with van der Waals surface area (Å²) in [6.07, 6.45) is 1.98. The summed E-state index contributed by atoms with van der Waals surface area (Å²) < 4.78 is 7.33. The number of nitrogens with zero attached hydrogens (tertiary/aromatic N) is 3. The molecule has 0 atom stereocenters. The maximum atomic E-state index is 13.1. The van der Waals surface area contributed by atoms with Crippen LogP contribution in [0.4, 0.5) is 5.69 Å². The molecule has 0 saturated heterocycles. The first-order valence-corrected chi connectivity index (χ1v) is 8.58. The summed E-state index contributed by atoms with van der Waals surface area (Å²) in [7, 11) is 1.98. The zero-order chi connectivity index (χ0) is 18.4. The van der Waals surface area contributed by atoms with Crippen LogP contribution < -0.4 is 5.32 Å². The van der Waals surface area contributed by atoms with Gasteiger partial charge in [0.15, 0.2) is 0 Å². The minimum Gasteiger partial charge on any atom is -0.350 e. The van der Waals surface area contributed by atoms with Crippen molar-refractivity contribution in [3.05, 3.63) is 53.5 Å². The highest BCUT2D eigenvalue weighted by Crippen LogP contribution is 2.28. The first-order chi connectivity index (χ1) is 12.5. The van der Waals surface area contributed by atoms with E-state index < -0.39 is 0 Å². The quantitative estimate of drug-likeness (QED) is 0.595. The van der Waals surface area contributed by atoms with Crippen molar-refractivity contribution < 1.29 is 9.32 Å². The predicted octanol–water partition coefficient (Wildman–Crippen LogP) is 4.40. The lowest BCUT2D eigenvalue weighted by Crippen LogP contribution is -2.14. The Balaban J connectivity index is 1.82. The molecule has 0 saturated carbocycles. The molecule has 3 aromatic heterocycles. The number of aryl methyl sites for hydroxylation is 2. The minimum atomic E-state index is -0.193. The highest BCUT2D eigenvalue weighted by molar-refractivity contribution is 6.14. The third-order valence-corrected chi connectivity index (χ3v) is 4.65. The van der Waals surface area contributed by atoms with Crippen LogP contribution in [0, 0.1) is 6.92 Å². The topological polar surface area (TPSA) is 72.9 Å². The zero-order valence-electron chi connectivity index (χ0n) is 15.2. The highest BCUT2D eigenvalue weighted by Gasteiger charge is 2.20. The van der Waals surface area contributed by atoms with Gasteiger partial charge >= 0.3 is 0 Å². The van der Waals surface area contributed by atoms with E-state index >= 15 is 0 Å². The van der Waals surface area contributed by atoms with Crippen molar-refractivity contribution in [2.24, 2.45) is 7.05 Å².